The number of nitrogens with zero attached hydrogens (tertiary/aromatic N) is 2. The number of hydrogen-bond donors (Lipinski definition) is 1. The molecule has 0 aliphatic carbocycles. The Morgan fingerprint density at radius 1 is 0.962 bits per heavy atom. The molecule has 2 aromatic rings. The smallest absolute Gasteiger partial charge is 0.272 e. The fourth-order valence-electron chi connectivity index (χ4n) is 2.77. The Hall–Kier alpha value is -2.40. The van der Waals surface area contributed by atoms with E-state index < -0.39 is 5.82 Å². The highest BCUT2D eigenvalue weighted by atomic mass is 19.1. The van der Waals surface area contributed by atoms with Gasteiger partial charge in [0.05, 0.1) is 5.69 Å². The Morgan fingerprint density at radius 3 is 2.12 bits per heavy atom. The van der Waals surface area contributed by atoms with E-state index in [9.17, 15) is 9.18 Å². The number of halogens is 1. The molecule has 0 spiro atoms. The Morgan fingerprint density at radius 2 is 1.58 bits per heavy atom. The second kappa shape index (κ2) is 9.92. The highest BCUT2D eigenvalue weighted by molar-refractivity contribution is 6.05. The van der Waals surface area contributed by atoms with Crippen molar-refractivity contribution in [3.8, 4) is 0 Å². The van der Waals surface area contributed by atoms with E-state index in [1.54, 1.807) is 18.2 Å². The molecule has 0 aromatic heterocycles. The number of amides is 1. The normalized spacial score (nSPS) is 10.6. The summed E-state index contributed by atoms with van der Waals surface area (Å²) in [7, 11) is 0. The summed E-state index contributed by atoms with van der Waals surface area (Å²) in [5.41, 5.74) is 1.91. The lowest BCUT2D eigenvalue weighted by Crippen LogP contribution is -2.37. The number of carbonyl (C=O) groups is 1. The Kier molecular flexibility index (Phi) is 7.60. The summed E-state index contributed by atoms with van der Waals surface area (Å²) in [4.78, 5) is 14.9. The minimum atomic E-state index is -0.427. The molecule has 0 atom stereocenters. The van der Waals surface area contributed by atoms with Gasteiger partial charge in [-0.2, -0.15) is 0 Å². The van der Waals surface area contributed by atoms with Gasteiger partial charge < -0.3 is 4.90 Å². The Labute approximate surface area is 155 Å². The van der Waals surface area contributed by atoms with Crippen LogP contribution in [0.2, 0.25) is 0 Å². The van der Waals surface area contributed by atoms with E-state index in [1.807, 2.05) is 12.1 Å². The van der Waals surface area contributed by atoms with Crippen molar-refractivity contribution in [3.05, 3.63) is 59.9 Å². The monoisotopic (exact) mass is 357 g/mol. The minimum Gasteiger partial charge on any atom is -0.372 e. The molecule has 0 bridgehead atoms. The summed E-state index contributed by atoms with van der Waals surface area (Å²) in [6.07, 6.45) is 4.57. The highest BCUT2D eigenvalue weighted by Crippen LogP contribution is 2.20. The predicted molar refractivity (Wildman–Crippen MR) is 106 cm³/mol. The number of carbonyl (C=O) groups excluding carboxylic acids is 1. The van der Waals surface area contributed by atoms with Crippen molar-refractivity contribution in [2.24, 2.45) is 5.84 Å². The summed E-state index contributed by atoms with van der Waals surface area (Å²) < 4.78 is 13.3. The number of hydrazine groups is 1. The average Bonchev–Trinajstić information content (AvgIpc) is 2.67. The zero-order chi connectivity index (χ0) is 18.9. The summed E-state index contributed by atoms with van der Waals surface area (Å²) >= 11 is 0. The van der Waals surface area contributed by atoms with Crippen LogP contribution < -0.4 is 15.8 Å². The lowest BCUT2D eigenvalue weighted by atomic mass is 10.1. The first-order valence-corrected chi connectivity index (χ1v) is 9.26. The van der Waals surface area contributed by atoms with Crippen molar-refractivity contribution < 1.29 is 9.18 Å². The van der Waals surface area contributed by atoms with Gasteiger partial charge in [0, 0.05) is 24.3 Å². The van der Waals surface area contributed by atoms with Gasteiger partial charge in [-0.25, -0.2) is 15.2 Å². The van der Waals surface area contributed by atoms with Crippen molar-refractivity contribution in [2.45, 2.75) is 39.5 Å². The molecule has 140 valence electrons. The van der Waals surface area contributed by atoms with Gasteiger partial charge in [0.2, 0.25) is 0 Å². The highest BCUT2D eigenvalue weighted by Gasteiger charge is 2.15. The van der Waals surface area contributed by atoms with Crippen LogP contribution in [0.15, 0.2) is 48.5 Å². The molecule has 0 aliphatic heterocycles. The van der Waals surface area contributed by atoms with E-state index in [-0.39, 0.29) is 5.91 Å². The van der Waals surface area contributed by atoms with Gasteiger partial charge in [0.1, 0.15) is 5.82 Å². The standard InChI is InChI=1S/C21H28FN3O/c1-3-5-14-24(15-6-4-2)19-12-10-17(11-13-19)21(26)25(23)20-9-7-8-18(22)16-20/h7-13,16H,3-6,14-15,23H2,1-2H3. The molecular formula is C21H28FN3O. The zero-order valence-electron chi connectivity index (χ0n) is 15.6. The van der Waals surface area contributed by atoms with Crippen LogP contribution in [0.5, 0.6) is 0 Å². The number of unbranched alkanes of at least 4 members (excludes halogenated alkanes) is 2. The first-order chi connectivity index (χ1) is 12.6. The molecule has 1 amide bonds. The van der Waals surface area contributed by atoms with Gasteiger partial charge >= 0.3 is 0 Å². The molecular weight excluding hydrogens is 329 g/mol. The number of hydrogen-bond acceptors (Lipinski definition) is 3. The van der Waals surface area contributed by atoms with Gasteiger partial charge in [-0.05, 0) is 55.3 Å². The molecule has 26 heavy (non-hydrogen) atoms. The van der Waals surface area contributed by atoms with Gasteiger partial charge in [-0.1, -0.05) is 32.8 Å². The van der Waals surface area contributed by atoms with Gasteiger partial charge in [-0.15, -0.1) is 0 Å². The summed E-state index contributed by atoms with van der Waals surface area (Å²) in [5.74, 6) is 5.08. The van der Waals surface area contributed by atoms with Crippen molar-refractivity contribution in [2.75, 3.05) is 23.0 Å². The number of rotatable bonds is 9. The molecule has 2 aromatic carbocycles. The van der Waals surface area contributed by atoms with E-state index in [0.717, 1.165) is 49.5 Å². The van der Waals surface area contributed by atoms with Crippen molar-refractivity contribution in [1.29, 1.82) is 0 Å². The number of benzene rings is 2. The summed E-state index contributed by atoms with van der Waals surface area (Å²) in [6.45, 7) is 6.39. The number of nitrogens with two attached hydrogens (primary N) is 1. The van der Waals surface area contributed by atoms with Crippen molar-refractivity contribution in [1.82, 2.24) is 0 Å². The van der Waals surface area contributed by atoms with Crippen molar-refractivity contribution >= 4 is 17.3 Å². The van der Waals surface area contributed by atoms with Crippen LogP contribution in [0.4, 0.5) is 15.8 Å². The number of anilines is 2. The molecule has 0 aliphatic rings. The Balaban J connectivity index is 2.12. The van der Waals surface area contributed by atoms with E-state index >= 15 is 0 Å². The minimum absolute atomic E-state index is 0.326. The van der Waals surface area contributed by atoms with Crippen LogP contribution in [-0.4, -0.2) is 19.0 Å². The molecule has 0 fully saturated rings. The molecule has 0 heterocycles. The van der Waals surface area contributed by atoms with E-state index in [2.05, 4.69) is 18.7 Å². The third-order valence-corrected chi connectivity index (χ3v) is 4.35. The maximum absolute atomic E-state index is 13.3. The second-order valence-corrected chi connectivity index (χ2v) is 6.40. The summed E-state index contributed by atoms with van der Waals surface area (Å²) in [6, 6.07) is 13.2. The SMILES string of the molecule is CCCCN(CCCC)c1ccc(C(=O)N(N)c2cccc(F)c2)cc1. The van der Waals surface area contributed by atoms with E-state index in [1.165, 1.54) is 18.2 Å². The lowest BCUT2D eigenvalue weighted by Gasteiger charge is -2.25. The fourth-order valence-corrected chi connectivity index (χ4v) is 2.77. The zero-order valence-corrected chi connectivity index (χ0v) is 15.6. The quantitative estimate of drug-likeness (QED) is 0.400. The van der Waals surface area contributed by atoms with Crippen LogP contribution in [0.25, 0.3) is 0 Å². The topological polar surface area (TPSA) is 49.6 Å². The van der Waals surface area contributed by atoms with Gasteiger partial charge in [0.15, 0.2) is 0 Å². The molecule has 0 unspecified atom stereocenters. The third kappa shape index (κ3) is 5.30. The fraction of sp³-hybridized carbons (Fsp3) is 0.381. The maximum atomic E-state index is 13.3. The largest absolute Gasteiger partial charge is 0.372 e. The van der Waals surface area contributed by atoms with Gasteiger partial charge in [-0.3, -0.25) is 4.79 Å². The third-order valence-electron chi connectivity index (χ3n) is 4.35. The van der Waals surface area contributed by atoms with Crippen LogP contribution in [0.3, 0.4) is 0 Å². The molecule has 2 N–H and O–H groups in total. The Bertz CT molecular complexity index is 695. The molecule has 4 nitrogen and oxygen atoms in total. The molecule has 0 radical (unpaired) electrons. The second-order valence-electron chi connectivity index (χ2n) is 6.40. The van der Waals surface area contributed by atoms with Crippen LogP contribution in [0.1, 0.15) is 49.9 Å². The van der Waals surface area contributed by atoms with Crippen LogP contribution in [-0.2, 0) is 0 Å². The van der Waals surface area contributed by atoms with Crippen LogP contribution >= 0.6 is 0 Å². The van der Waals surface area contributed by atoms with E-state index in [4.69, 9.17) is 5.84 Å². The molecule has 0 saturated heterocycles. The van der Waals surface area contributed by atoms with Crippen LogP contribution in [0, 0.1) is 5.82 Å². The molecule has 5 heteroatoms. The first-order valence-electron chi connectivity index (χ1n) is 9.26. The average molecular weight is 357 g/mol. The maximum Gasteiger partial charge on any atom is 0.272 e. The predicted octanol–water partition coefficient (Wildman–Crippen LogP) is 4.75. The first kappa shape index (κ1) is 19.9. The van der Waals surface area contributed by atoms with E-state index in [0.29, 0.717) is 11.3 Å². The van der Waals surface area contributed by atoms with Crippen molar-refractivity contribution in [3.63, 3.8) is 0 Å². The molecule has 2 rings (SSSR count). The molecule has 0 saturated carbocycles. The summed E-state index contributed by atoms with van der Waals surface area (Å²) in [5, 5.41) is 0.976. The van der Waals surface area contributed by atoms with Gasteiger partial charge in [0.25, 0.3) is 5.91 Å². The lowest BCUT2D eigenvalue weighted by molar-refractivity contribution is 0.0987.